The fourth-order valence-corrected chi connectivity index (χ4v) is 1.27. The lowest BCUT2D eigenvalue weighted by Crippen LogP contribution is -1.81. The van der Waals surface area contributed by atoms with E-state index >= 15 is 0 Å². The molecule has 0 amide bonds. The Bertz CT molecular complexity index is 469. The fourth-order valence-electron chi connectivity index (χ4n) is 0.632. The highest BCUT2D eigenvalue weighted by Crippen LogP contribution is 2.19. The molecule has 0 aliphatic carbocycles. The van der Waals surface area contributed by atoms with Gasteiger partial charge in [0.25, 0.3) is 0 Å². The lowest BCUT2D eigenvalue weighted by Gasteiger charge is -1.90. The minimum atomic E-state index is 0.168. The van der Waals surface area contributed by atoms with Crippen molar-refractivity contribution in [3.05, 3.63) is 43.8 Å². The molecule has 2 aromatic rings. The summed E-state index contributed by atoms with van der Waals surface area (Å²) in [5, 5.41) is 15.2. The topological polar surface area (TPSA) is 51.6 Å². The molecule has 0 fully saturated rings. The molecule has 9 heteroatoms. The molecule has 2 heterocycles. The number of rotatable bonds is 0. The number of aromatic nitrogens is 4. The predicted octanol–water partition coefficient (Wildman–Crippen LogP) is 4.22. The van der Waals surface area contributed by atoms with Gasteiger partial charge in [0.1, 0.15) is 0 Å². The van der Waals surface area contributed by atoms with E-state index in [-0.39, 0.29) is 10.3 Å². The largest absolute Gasteiger partial charge is 0.170 e. The average Bonchev–Trinajstić information content (AvgIpc) is 2.29. The van der Waals surface area contributed by atoms with Crippen molar-refractivity contribution in [3.63, 3.8) is 0 Å². The molecule has 0 bridgehead atoms. The molecular formula is C8H3Cl5N4. The third-order valence-electron chi connectivity index (χ3n) is 1.28. The van der Waals surface area contributed by atoms with Crippen LogP contribution in [0.5, 0.6) is 0 Å². The van der Waals surface area contributed by atoms with Crippen LogP contribution in [-0.4, -0.2) is 20.4 Å². The van der Waals surface area contributed by atoms with Crippen LogP contribution in [-0.2, 0) is 0 Å². The summed E-state index contributed by atoms with van der Waals surface area (Å²) in [4.78, 5) is 0. The second-order valence-corrected chi connectivity index (χ2v) is 4.41. The Kier molecular flexibility index (Phi) is 6.16. The van der Waals surface area contributed by atoms with Gasteiger partial charge in [-0.3, -0.25) is 0 Å². The van der Waals surface area contributed by atoms with E-state index in [9.17, 15) is 0 Å². The summed E-state index contributed by atoms with van der Waals surface area (Å²) in [6.07, 6.45) is 0. The summed E-state index contributed by atoms with van der Waals surface area (Å²) in [5.41, 5.74) is 0. The van der Waals surface area contributed by atoms with Gasteiger partial charge in [-0.15, -0.1) is 20.4 Å². The highest BCUT2D eigenvalue weighted by atomic mass is 35.5. The van der Waals surface area contributed by atoms with Crippen molar-refractivity contribution in [2.45, 2.75) is 0 Å². The SMILES string of the molecule is Clc1cc(Cl)c(Cl)nn1.Clc1ccc(Cl)nn1. The Hall–Kier alpha value is -0.390. The number of hydrogen-bond donors (Lipinski definition) is 0. The Balaban J connectivity index is 0.000000171. The molecule has 0 saturated carbocycles. The molecule has 0 aliphatic rings. The molecule has 2 aromatic heterocycles. The second-order valence-electron chi connectivity index (χ2n) is 2.48. The molecule has 0 unspecified atom stereocenters. The van der Waals surface area contributed by atoms with E-state index < -0.39 is 0 Å². The zero-order chi connectivity index (χ0) is 12.8. The van der Waals surface area contributed by atoms with Crippen molar-refractivity contribution in [2.75, 3.05) is 0 Å². The van der Waals surface area contributed by atoms with E-state index in [1.165, 1.54) is 6.07 Å². The predicted molar refractivity (Wildman–Crippen MR) is 69.1 cm³/mol. The van der Waals surface area contributed by atoms with Gasteiger partial charge in [-0.05, 0) is 18.2 Å². The van der Waals surface area contributed by atoms with E-state index in [2.05, 4.69) is 20.4 Å². The third-order valence-corrected chi connectivity index (χ3v) is 2.53. The summed E-state index contributed by atoms with van der Waals surface area (Å²) < 4.78 is 0. The Morgan fingerprint density at radius 1 is 0.647 bits per heavy atom. The number of nitrogens with zero attached hydrogens (tertiary/aromatic N) is 4. The van der Waals surface area contributed by atoms with Crippen LogP contribution < -0.4 is 0 Å². The van der Waals surface area contributed by atoms with E-state index in [1.54, 1.807) is 12.1 Å². The maximum atomic E-state index is 5.50. The van der Waals surface area contributed by atoms with Crippen LogP contribution in [0.3, 0.4) is 0 Å². The molecule has 0 N–H and O–H groups in total. The zero-order valence-corrected chi connectivity index (χ0v) is 11.7. The highest BCUT2D eigenvalue weighted by Gasteiger charge is 1.98. The molecule has 2 rings (SSSR count). The summed E-state index contributed by atoms with van der Waals surface area (Å²) in [6.45, 7) is 0. The fraction of sp³-hybridized carbons (Fsp3) is 0. The molecule has 0 saturated heterocycles. The van der Waals surface area contributed by atoms with Gasteiger partial charge >= 0.3 is 0 Å². The lowest BCUT2D eigenvalue weighted by atomic mass is 10.6. The second kappa shape index (κ2) is 7.13. The van der Waals surface area contributed by atoms with Crippen LogP contribution in [0.1, 0.15) is 0 Å². The van der Waals surface area contributed by atoms with Gasteiger partial charge in [0.05, 0.1) is 5.02 Å². The van der Waals surface area contributed by atoms with Gasteiger partial charge in [-0.25, -0.2) is 0 Å². The Morgan fingerprint density at radius 2 is 1.12 bits per heavy atom. The van der Waals surface area contributed by atoms with Crippen LogP contribution in [0, 0.1) is 0 Å². The highest BCUT2D eigenvalue weighted by molar-refractivity contribution is 6.42. The minimum Gasteiger partial charge on any atom is -0.137 e. The van der Waals surface area contributed by atoms with E-state index in [1.807, 2.05) is 0 Å². The lowest BCUT2D eigenvalue weighted by molar-refractivity contribution is 1.03. The molecule has 4 nitrogen and oxygen atoms in total. The van der Waals surface area contributed by atoms with Crippen molar-refractivity contribution >= 4 is 58.0 Å². The Labute approximate surface area is 122 Å². The van der Waals surface area contributed by atoms with Crippen molar-refractivity contribution in [3.8, 4) is 0 Å². The van der Waals surface area contributed by atoms with Gasteiger partial charge in [-0.2, -0.15) is 0 Å². The van der Waals surface area contributed by atoms with Gasteiger partial charge < -0.3 is 0 Å². The average molecular weight is 332 g/mol. The summed E-state index contributed by atoms with van der Waals surface area (Å²) in [7, 11) is 0. The van der Waals surface area contributed by atoms with Crippen molar-refractivity contribution in [2.24, 2.45) is 0 Å². The van der Waals surface area contributed by atoms with Crippen LogP contribution in [0.4, 0.5) is 0 Å². The summed E-state index contributed by atoms with van der Waals surface area (Å²) in [5.74, 6) is 0. The normalized spacial score (nSPS) is 9.47. The molecule has 0 radical (unpaired) electrons. The molecule has 90 valence electrons. The first kappa shape index (κ1) is 14.7. The third kappa shape index (κ3) is 5.66. The zero-order valence-electron chi connectivity index (χ0n) is 7.91. The smallest absolute Gasteiger partial charge is 0.137 e. The monoisotopic (exact) mass is 330 g/mol. The maximum absolute atomic E-state index is 5.50. The van der Waals surface area contributed by atoms with Crippen molar-refractivity contribution in [1.82, 2.24) is 20.4 Å². The van der Waals surface area contributed by atoms with Crippen LogP contribution in [0.25, 0.3) is 0 Å². The number of halogens is 5. The van der Waals surface area contributed by atoms with Crippen molar-refractivity contribution < 1.29 is 0 Å². The van der Waals surface area contributed by atoms with Crippen LogP contribution in [0.15, 0.2) is 18.2 Å². The van der Waals surface area contributed by atoms with Gasteiger partial charge in [0.2, 0.25) is 0 Å². The number of hydrogen-bond acceptors (Lipinski definition) is 4. The first-order valence-corrected chi connectivity index (χ1v) is 5.87. The minimum absolute atomic E-state index is 0.168. The van der Waals surface area contributed by atoms with Gasteiger partial charge in [0, 0.05) is 0 Å². The Morgan fingerprint density at radius 3 is 1.47 bits per heavy atom. The summed E-state index contributed by atoms with van der Waals surface area (Å²) in [6, 6.07) is 4.59. The standard InChI is InChI=1S/C4HCl3N2.C4H2Cl2N2/c5-2-1-3(6)8-9-4(2)7;5-3-1-2-4(6)8-7-3/h1H;1-2H. The maximum Gasteiger partial charge on any atom is 0.170 e. The first-order valence-electron chi connectivity index (χ1n) is 3.98. The molecule has 0 atom stereocenters. The molecular weight excluding hydrogens is 329 g/mol. The van der Waals surface area contributed by atoms with E-state index in [4.69, 9.17) is 58.0 Å². The molecule has 17 heavy (non-hydrogen) atoms. The molecule has 0 aromatic carbocycles. The van der Waals surface area contributed by atoms with E-state index in [0.717, 1.165) is 0 Å². The molecule has 0 aliphatic heterocycles. The quantitative estimate of drug-likeness (QED) is 0.725. The van der Waals surface area contributed by atoms with Gasteiger partial charge in [-0.1, -0.05) is 58.0 Å². The van der Waals surface area contributed by atoms with Crippen LogP contribution in [0.2, 0.25) is 25.6 Å². The first-order chi connectivity index (χ1) is 7.99. The van der Waals surface area contributed by atoms with Gasteiger partial charge in [0.15, 0.2) is 20.6 Å². The van der Waals surface area contributed by atoms with E-state index in [0.29, 0.717) is 15.3 Å². The molecule has 0 spiro atoms. The summed E-state index contributed by atoms with van der Waals surface area (Å²) >= 11 is 27.1. The van der Waals surface area contributed by atoms with Crippen molar-refractivity contribution in [1.29, 1.82) is 0 Å². The van der Waals surface area contributed by atoms with Crippen LogP contribution >= 0.6 is 58.0 Å².